The lowest BCUT2D eigenvalue weighted by Crippen LogP contribution is -2.51. The van der Waals surface area contributed by atoms with Crippen molar-refractivity contribution in [2.45, 2.75) is 96.2 Å². The van der Waals surface area contributed by atoms with Crippen molar-refractivity contribution in [3.05, 3.63) is 23.3 Å². The standard InChI is InChI=1S/C20H36O3SSi/c1-6-9-12-25(13-10-7-2,14-11-8-3)20-18(5)15-17(4)16-19(20)24(21,22)23/h15-16H,6-14H2,1-5H3,(H,21,22,23). The van der Waals surface area contributed by atoms with Gasteiger partial charge in [-0.15, -0.1) is 0 Å². The van der Waals surface area contributed by atoms with E-state index in [4.69, 9.17) is 0 Å². The summed E-state index contributed by atoms with van der Waals surface area (Å²) in [5.41, 5.74) is 1.96. The monoisotopic (exact) mass is 384 g/mol. The highest BCUT2D eigenvalue weighted by atomic mass is 32.2. The average Bonchev–Trinajstić information content (AvgIpc) is 2.53. The summed E-state index contributed by atoms with van der Waals surface area (Å²) < 4.78 is 34.4. The molecule has 1 aromatic carbocycles. The SMILES string of the molecule is CCCC[Si](CCCC)(CCCC)c1c(C)cc(C)cc1S(=O)(=O)O. The zero-order valence-corrected chi connectivity index (χ0v) is 18.5. The van der Waals surface area contributed by atoms with Gasteiger partial charge in [0.25, 0.3) is 10.1 Å². The number of unbranched alkanes of at least 4 members (excludes halogenated alkanes) is 3. The van der Waals surface area contributed by atoms with Gasteiger partial charge in [0.1, 0.15) is 0 Å². The third kappa shape index (κ3) is 5.93. The van der Waals surface area contributed by atoms with Gasteiger partial charge in [0.2, 0.25) is 0 Å². The molecule has 0 bridgehead atoms. The molecule has 1 rings (SSSR count). The summed E-state index contributed by atoms with van der Waals surface area (Å²) in [4.78, 5) is 0.194. The summed E-state index contributed by atoms with van der Waals surface area (Å²) in [6.45, 7) is 10.5. The van der Waals surface area contributed by atoms with Crippen LogP contribution in [-0.4, -0.2) is 21.0 Å². The van der Waals surface area contributed by atoms with Gasteiger partial charge in [-0.3, -0.25) is 4.55 Å². The highest BCUT2D eigenvalue weighted by Crippen LogP contribution is 2.32. The van der Waals surface area contributed by atoms with Gasteiger partial charge < -0.3 is 0 Å². The zero-order chi connectivity index (χ0) is 19.1. The number of aryl methyl sites for hydroxylation is 2. The van der Waals surface area contributed by atoms with Crippen molar-refractivity contribution in [3.63, 3.8) is 0 Å². The topological polar surface area (TPSA) is 54.4 Å². The Morgan fingerprint density at radius 3 is 1.68 bits per heavy atom. The van der Waals surface area contributed by atoms with Crippen LogP contribution in [0.3, 0.4) is 0 Å². The van der Waals surface area contributed by atoms with Crippen LogP contribution in [0, 0.1) is 13.8 Å². The molecular weight excluding hydrogens is 348 g/mol. The average molecular weight is 385 g/mol. The molecule has 0 unspecified atom stereocenters. The Bertz CT molecular complexity index is 631. The lowest BCUT2D eigenvalue weighted by molar-refractivity contribution is 0.483. The fourth-order valence-electron chi connectivity index (χ4n) is 4.11. The van der Waals surface area contributed by atoms with E-state index in [1.54, 1.807) is 6.07 Å². The minimum absolute atomic E-state index is 0.194. The smallest absolute Gasteiger partial charge is 0.282 e. The van der Waals surface area contributed by atoms with Crippen LogP contribution in [0.1, 0.15) is 70.4 Å². The van der Waals surface area contributed by atoms with E-state index in [2.05, 4.69) is 26.8 Å². The Morgan fingerprint density at radius 1 is 0.880 bits per heavy atom. The largest absolute Gasteiger partial charge is 0.294 e. The van der Waals surface area contributed by atoms with Crippen molar-refractivity contribution in [3.8, 4) is 0 Å². The molecule has 1 N–H and O–H groups in total. The molecule has 3 nitrogen and oxygen atoms in total. The second-order valence-electron chi connectivity index (χ2n) is 7.52. The van der Waals surface area contributed by atoms with Gasteiger partial charge in [-0.05, 0) is 30.7 Å². The molecule has 0 amide bonds. The van der Waals surface area contributed by atoms with Gasteiger partial charge in [-0.1, -0.05) is 89.1 Å². The first-order valence-electron chi connectivity index (χ1n) is 9.81. The molecule has 0 aromatic heterocycles. The van der Waals surface area contributed by atoms with E-state index in [0.717, 1.165) is 73.0 Å². The van der Waals surface area contributed by atoms with Crippen molar-refractivity contribution in [1.82, 2.24) is 0 Å². The van der Waals surface area contributed by atoms with Gasteiger partial charge >= 0.3 is 0 Å². The molecule has 0 atom stereocenters. The first-order valence-corrected chi connectivity index (χ1v) is 13.9. The van der Waals surface area contributed by atoms with Gasteiger partial charge in [-0.25, -0.2) is 0 Å². The van der Waals surface area contributed by atoms with Crippen LogP contribution in [-0.2, 0) is 10.1 Å². The Kier molecular flexibility index (Phi) is 8.85. The van der Waals surface area contributed by atoms with Crippen LogP contribution < -0.4 is 5.19 Å². The quantitative estimate of drug-likeness (QED) is 0.399. The summed E-state index contributed by atoms with van der Waals surface area (Å²) in [6, 6.07) is 7.14. The molecule has 5 heteroatoms. The molecule has 0 heterocycles. The van der Waals surface area contributed by atoms with Crippen LogP contribution in [0.2, 0.25) is 18.1 Å². The minimum atomic E-state index is -4.20. The maximum Gasteiger partial charge on any atom is 0.294 e. The minimum Gasteiger partial charge on any atom is -0.282 e. The van der Waals surface area contributed by atoms with Crippen molar-refractivity contribution >= 4 is 23.4 Å². The van der Waals surface area contributed by atoms with E-state index in [1.807, 2.05) is 13.8 Å². The predicted molar refractivity (Wildman–Crippen MR) is 110 cm³/mol. The fourth-order valence-corrected chi connectivity index (χ4v) is 12.0. The summed E-state index contributed by atoms with van der Waals surface area (Å²) in [5.74, 6) is 0. The second-order valence-corrected chi connectivity index (χ2v) is 13.5. The predicted octanol–water partition coefficient (Wildman–Crippen LogP) is 5.61. The lowest BCUT2D eigenvalue weighted by atomic mass is 10.1. The molecule has 1 aromatic rings. The van der Waals surface area contributed by atoms with E-state index in [1.165, 1.54) is 0 Å². The molecule has 0 spiro atoms. The van der Waals surface area contributed by atoms with Gasteiger partial charge in [0.05, 0.1) is 13.0 Å². The molecule has 0 saturated carbocycles. The Labute approximate surface area is 156 Å². The summed E-state index contributed by atoms with van der Waals surface area (Å²) in [6.07, 6.45) is 6.78. The molecule has 0 saturated heterocycles. The number of hydrogen-bond donors (Lipinski definition) is 1. The highest BCUT2D eigenvalue weighted by Gasteiger charge is 2.38. The van der Waals surface area contributed by atoms with E-state index in [-0.39, 0.29) is 4.90 Å². The summed E-state index contributed by atoms with van der Waals surface area (Å²) in [7, 11) is -6.20. The van der Waals surface area contributed by atoms with E-state index in [9.17, 15) is 13.0 Å². The van der Waals surface area contributed by atoms with Gasteiger partial charge in [-0.2, -0.15) is 8.42 Å². The van der Waals surface area contributed by atoms with Crippen molar-refractivity contribution in [1.29, 1.82) is 0 Å². The van der Waals surface area contributed by atoms with Crippen LogP contribution >= 0.6 is 0 Å². The normalized spacial score (nSPS) is 12.6. The fraction of sp³-hybridized carbons (Fsp3) is 0.700. The molecule has 0 aliphatic carbocycles. The van der Waals surface area contributed by atoms with Crippen LogP contribution in [0.4, 0.5) is 0 Å². The van der Waals surface area contributed by atoms with Crippen LogP contribution in [0.25, 0.3) is 0 Å². The molecule has 0 aliphatic heterocycles. The number of rotatable bonds is 11. The van der Waals surface area contributed by atoms with Crippen LogP contribution in [0.15, 0.2) is 17.0 Å². The molecule has 25 heavy (non-hydrogen) atoms. The van der Waals surface area contributed by atoms with Gasteiger partial charge in [0.15, 0.2) is 0 Å². The number of benzene rings is 1. The molecule has 0 radical (unpaired) electrons. The van der Waals surface area contributed by atoms with E-state index < -0.39 is 18.2 Å². The third-order valence-electron chi connectivity index (χ3n) is 5.28. The number of hydrogen-bond acceptors (Lipinski definition) is 2. The summed E-state index contributed by atoms with van der Waals surface area (Å²) >= 11 is 0. The lowest BCUT2D eigenvalue weighted by Gasteiger charge is -2.35. The van der Waals surface area contributed by atoms with E-state index in [0.29, 0.717) is 0 Å². The summed E-state index contributed by atoms with van der Waals surface area (Å²) in [5, 5.41) is 1.01. The van der Waals surface area contributed by atoms with E-state index >= 15 is 0 Å². The van der Waals surface area contributed by atoms with Crippen molar-refractivity contribution in [2.75, 3.05) is 0 Å². The van der Waals surface area contributed by atoms with Crippen LogP contribution in [0.5, 0.6) is 0 Å². The second kappa shape index (κ2) is 9.88. The zero-order valence-electron chi connectivity index (χ0n) is 16.7. The first kappa shape index (κ1) is 22.4. The highest BCUT2D eigenvalue weighted by molar-refractivity contribution is 7.86. The molecule has 0 fully saturated rings. The Balaban J connectivity index is 3.66. The Morgan fingerprint density at radius 2 is 1.32 bits per heavy atom. The molecule has 0 aliphatic rings. The Hall–Kier alpha value is -0.653. The maximum absolute atomic E-state index is 12.2. The van der Waals surface area contributed by atoms with Gasteiger partial charge in [0, 0.05) is 0 Å². The molecular formula is C20H36O3SSi. The third-order valence-corrected chi connectivity index (χ3v) is 12.0. The van der Waals surface area contributed by atoms with Crippen molar-refractivity contribution in [2.24, 2.45) is 0 Å². The van der Waals surface area contributed by atoms with Crippen molar-refractivity contribution < 1.29 is 13.0 Å². The molecule has 144 valence electrons. The first-order chi connectivity index (χ1) is 11.7. The maximum atomic E-state index is 12.2.